The van der Waals surface area contributed by atoms with Crippen LogP contribution in [0.2, 0.25) is 0 Å². The van der Waals surface area contributed by atoms with Crippen molar-refractivity contribution in [3.8, 4) is 0 Å². The molecule has 0 fully saturated rings. The number of aliphatic carboxylic acids is 10. The Morgan fingerprint density at radius 3 is 1.02 bits per heavy atom. The van der Waals surface area contributed by atoms with Gasteiger partial charge in [0.2, 0.25) is 0 Å². The molecule has 0 aliphatic rings. The summed E-state index contributed by atoms with van der Waals surface area (Å²) in [6.07, 6.45) is 6.00. The summed E-state index contributed by atoms with van der Waals surface area (Å²) in [5, 5.41) is 86.8. The Morgan fingerprint density at radius 1 is 0.308 bits per heavy atom. The second-order valence-corrected chi connectivity index (χ2v) is 30.9. The van der Waals surface area contributed by atoms with E-state index in [0.29, 0.717) is 90.3 Å². The molecule has 0 bridgehead atoms. The number of nitrogens with two attached hydrogens (primary N) is 10. The number of allylic oxidation sites excluding steroid dienone is 2. The summed E-state index contributed by atoms with van der Waals surface area (Å²) in [6.45, 7) is 50.1. The van der Waals surface area contributed by atoms with E-state index in [1.54, 1.807) is 37.4 Å². The van der Waals surface area contributed by atoms with Crippen LogP contribution < -0.4 is 62.7 Å². The van der Waals surface area contributed by atoms with Crippen molar-refractivity contribution in [1.82, 2.24) is 5.32 Å². The number of rotatable bonds is 58. The number of carbonyl (C=O) groups is 14. The van der Waals surface area contributed by atoms with Crippen LogP contribution >= 0.6 is 35.3 Å². The van der Waals surface area contributed by atoms with Crippen LogP contribution in [0.15, 0.2) is 97.2 Å². The molecular weight excluding hydrogens is 1630 g/mol. The van der Waals surface area contributed by atoms with Crippen LogP contribution in [0, 0.1) is 0 Å². The van der Waals surface area contributed by atoms with Crippen molar-refractivity contribution in [2.24, 2.45) is 57.3 Å². The first kappa shape index (κ1) is 132. The molecule has 0 aromatic heterocycles. The minimum atomic E-state index is -1.15. The van der Waals surface area contributed by atoms with Crippen LogP contribution in [0.25, 0.3) is 0 Å². The van der Waals surface area contributed by atoms with Crippen LogP contribution in [-0.2, 0) is 81.3 Å². The zero-order chi connectivity index (χ0) is 95.9. The van der Waals surface area contributed by atoms with Crippen molar-refractivity contribution in [2.45, 2.75) is 226 Å². The van der Waals surface area contributed by atoms with E-state index in [4.69, 9.17) is 123 Å². The molecule has 696 valence electrons. The fourth-order valence-electron chi connectivity index (χ4n) is 6.51. The number of hydrogen-bond donors (Lipinski definition) is 21. The molecule has 0 aliphatic heterocycles. The summed E-state index contributed by atoms with van der Waals surface area (Å²) in [6, 6.07) is -8.36. The van der Waals surface area contributed by atoms with E-state index in [9.17, 15) is 67.1 Å². The quantitative estimate of drug-likeness (QED) is 0.0225. The van der Waals surface area contributed by atoms with Gasteiger partial charge in [-0.1, -0.05) is 90.6 Å². The molecule has 0 aromatic rings. The van der Waals surface area contributed by atoms with Crippen molar-refractivity contribution >= 4 is 118 Å². The topological polar surface area (TPSA) is 741 Å². The van der Waals surface area contributed by atoms with Crippen molar-refractivity contribution in [2.75, 3.05) is 87.2 Å². The third-order valence-electron chi connectivity index (χ3n) is 12.9. The number of ketones is 4. The minimum absolute atomic E-state index is 0.0268. The Kier molecular flexibility index (Phi) is 96.2. The first-order valence-corrected chi connectivity index (χ1v) is 40.8. The van der Waals surface area contributed by atoms with Gasteiger partial charge in [-0.25, -0.2) is 0 Å². The third kappa shape index (κ3) is 121. The lowest BCUT2D eigenvalue weighted by Gasteiger charge is -2.06. The van der Waals surface area contributed by atoms with E-state index in [-0.39, 0.29) is 68.4 Å². The van der Waals surface area contributed by atoms with Gasteiger partial charge in [-0.2, -0.15) is 35.3 Å². The molecule has 0 saturated heterocycles. The normalized spacial score (nSPS) is 12.4. The van der Waals surface area contributed by atoms with Gasteiger partial charge < -0.3 is 128 Å². The lowest BCUT2D eigenvalue weighted by molar-refractivity contribution is -0.140. The molecule has 0 radical (unpaired) electrons. The van der Waals surface area contributed by atoms with Crippen LogP contribution in [0.3, 0.4) is 0 Å². The van der Waals surface area contributed by atoms with Crippen molar-refractivity contribution in [3.05, 3.63) is 97.2 Å². The monoisotopic (exact) mass is 1780 g/mol. The second-order valence-electron chi connectivity index (χ2n) is 27.6. The average Bonchev–Trinajstić information content (AvgIpc) is 0.960. The zero-order valence-corrected chi connectivity index (χ0v) is 74.3. The summed E-state index contributed by atoms with van der Waals surface area (Å²) in [4.78, 5) is 145. The summed E-state index contributed by atoms with van der Waals surface area (Å²) < 4.78 is 15.2. The molecule has 38 nitrogen and oxygen atoms in total. The van der Waals surface area contributed by atoms with Crippen LogP contribution in [0.1, 0.15) is 166 Å². The van der Waals surface area contributed by atoms with Gasteiger partial charge in [0.25, 0.3) is 0 Å². The summed E-state index contributed by atoms with van der Waals surface area (Å²) in [7, 11) is 0. The highest BCUT2D eigenvalue weighted by Crippen LogP contribution is 2.12. The third-order valence-corrected chi connectivity index (χ3v) is 16.7. The predicted molar refractivity (Wildman–Crippen MR) is 473 cm³/mol. The number of carboxylic acids is 10. The molecule has 0 spiro atoms. The molecule has 0 aromatic carbocycles. The van der Waals surface area contributed by atoms with Crippen LogP contribution in [-0.4, -0.2) is 282 Å². The Hall–Kier alpha value is -8.21. The van der Waals surface area contributed by atoms with Gasteiger partial charge in [-0.3, -0.25) is 67.1 Å². The first-order valence-electron chi connectivity index (χ1n) is 37.3. The molecule has 120 heavy (non-hydrogen) atoms. The maximum absolute atomic E-state index is 11.0. The van der Waals surface area contributed by atoms with Crippen LogP contribution in [0.4, 0.5) is 0 Å². The standard InChI is InChI=1S/C9H17NO3.C9H17NO2S.C8H13NO4.C8H13NO3.C8H15NO3.C8H15NO2S.C8H15NO2.C7H14N2O3.C7H13NO3.C7H13NO2S/c2*1-7(2)6-13-5-3-4-8(10)9(11)12;1-5(10)4-6(11)2-3-7(9)8(12)13;1-5(2)3-6(10)4-7(9)8(11)12;2*1-6(2)5-12-4-3-7(9)8(10)11;1-6(2)4-3-5-7(9)8(10)11;1-5(10)4-9-3-2-6(8)7(11)12;2*1-5(2)3-11-4-6(8)7(9)10/h2*8H,1,3-6,10H2,2H3,(H,11,12);7H,2-4,9H2,1H3,(H,12,13);7H,1,3-4,9H2,2H3,(H,11,12);2*7H,1,3-5,9H2,2H3,(H,10,11);7H,1,3-5,9H2,2H3,(H,10,11);6,9H,2-4,8H2,1H3,(H,11,12);2*6H,1,3-4,8H2,2H3,(H,9,10). The van der Waals surface area contributed by atoms with E-state index in [0.717, 1.165) is 92.6 Å². The highest BCUT2D eigenvalue weighted by molar-refractivity contribution is 7.99. The maximum Gasteiger partial charge on any atom is 0.322 e. The number of carbonyl (C=O) groups excluding carboxylic acids is 4. The Morgan fingerprint density at radius 2 is 0.650 bits per heavy atom. The number of ether oxygens (including phenoxy) is 3. The van der Waals surface area contributed by atoms with Gasteiger partial charge in [0.1, 0.15) is 83.6 Å². The average molecular weight is 1780 g/mol. The molecular formula is C79H145N11O27S3. The number of carboxylic acid groups (broad SMARTS) is 10. The molecule has 0 rings (SSSR count). The highest BCUT2D eigenvalue weighted by atomic mass is 32.2. The molecule has 0 saturated carbocycles. The van der Waals surface area contributed by atoms with Crippen molar-refractivity contribution < 1.29 is 132 Å². The smallest absolute Gasteiger partial charge is 0.322 e. The summed E-state index contributed by atoms with van der Waals surface area (Å²) >= 11 is 4.92. The molecule has 0 heterocycles. The van der Waals surface area contributed by atoms with E-state index >= 15 is 0 Å². The van der Waals surface area contributed by atoms with Crippen molar-refractivity contribution in [1.29, 1.82) is 0 Å². The number of Topliss-reactive ketones (excluding diaryl/α,β-unsaturated/α-hetero) is 4. The molecule has 0 aliphatic carbocycles. The molecule has 31 N–H and O–H groups in total. The van der Waals surface area contributed by atoms with E-state index < -0.39 is 120 Å². The van der Waals surface area contributed by atoms with Crippen LogP contribution in [0.5, 0.6) is 0 Å². The Balaban J connectivity index is -0.000000140. The molecule has 10 atom stereocenters. The fourth-order valence-corrected chi connectivity index (χ4v) is 9.15. The Bertz CT molecular complexity index is 2880. The number of hydrogen-bond acceptors (Lipinski definition) is 31. The number of thioether (sulfide) groups is 3. The second kappa shape index (κ2) is 87.1. The first-order chi connectivity index (χ1) is 55.2. The van der Waals surface area contributed by atoms with Gasteiger partial charge in [0.15, 0.2) is 0 Å². The van der Waals surface area contributed by atoms with Crippen molar-refractivity contribution in [3.63, 3.8) is 0 Å². The predicted octanol–water partition coefficient (Wildman–Crippen LogP) is 4.60. The maximum atomic E-state index is 11.0. The molecule has 0 amide bonds. The van der Waals surface area contributed by atoms with E-state index in [1.807, 2.05) is 41.5 Å². The molecule has 41 heteroatoms. The van der Waals surface area contributed by atoms with Gasteiger partial charge in [0, 0.05) is 55.5 Å². The van der Waals surface area contributed by atoms with Gasteiger partial charge >= 0.3 is 59.7 Å². The summed E-state index contributed by atoms with van der Waals surface area (Å²) in [5.74, 6) is -5.84. The SMILES string of the molecule is C=C(C)CC(=O)CC(N)C(=O)O.C=C(C)CCCC(N)C(=O)O.C=C(C)COCC(N)C(=O)O.C=C(C)COCCC(N)C(=O)O.C=C(C)COCCCC(N)C(=O)O.C=C(C)CSCC(N)C(=O)O.C=C(C)CSCCC(N)C(=O)O.C=C(C)CSCCCC(N)C(=O)O.CC(=O)CC(=O)CCC(N)C(=O)O.CC(=O)CNCCC(N)C(=O)O. The highest BCUT2D eigenvalue weighted by Gasteiger charge is 2.19. The lowest BCUT2D eigenvalue weighted by Crippen LogP contribution is -2.35. The Labute approximate surface area is 720 Å². The molecule has 10 unspecified atom stereocenters. The largest absolute Gasteiger partial charge is 0.480 e. The zero-order valence-electron chi connectivity index (χ0n) is 71.8. The summed E-state index contributed by atoms with van der Waals surface area (Å²) in [5.41, 5.74) is 60.1. The van der Waals surface area contributed by atoms with Gasteiger partial charge in [0.05, 0.1) is 39.4 Å². The fraction of sp³-hybridized carbons (Fsp3) is 0.620. The van der Waals surface area contributed by atoms with Gasteiger partial charge in [-0.15, -0.1) is 6.58 Å². The van der Waals surface area contributed by atoms with Gasteiger partial charge in [-0.05, 0) is 158 Å². The number of nitrogens with one attached hydrogen (secondary N) is 1. The lowest BCUT2D eigenvalue weighted by atomic mass is 10.1. The van der Waals surface area contributed by atoms with E-state index in [2.05, 4.69) is 57.9 Å². The minimum Gasteiger partial charge on any atom is -0.480 e. The van der Waals surface area contributed by atoms with E-state index in [1.165, 1.54) is 25.6 Å².